The van der Waals surface area contributed by atoms with Crippen molar-refractivity contribution in [1.82, 2.24) is 20.2 Å². The lowest BCUT2D eigenvalue weighted by atomic mass is 9.94. The molecule has 2 saturated heterocycles. The van der Waals surface area contributed by atoms with Crippen LogP contribution in [0.4, 0.5) is 14.6 Å². The predicted molar refractivity (Wildman–Crippen MR) is 140 cm³/mol. The Morgan fingerprint density at radius 2 is 1.89 bits per heavy atom. The van der Waals surface area contributed by atoms with Crippen LogP contribution >= 0.6 is 0 Å². The molecule has 7 rings (SSSR count). The summed E-state index contributed by atoms with van der Waals surface area (Å²) in [4.78, 5) is 25.9. The van der Waals surface area contributed by atoms with Crippen LogP contribution in [0.5, 0.6) is 5.75 Å². The zero-order valence-corrected chi connectivity index (χ0v) is 20.6. The topological polar surface area (TPSA) is 81.6 Å². The molecule has 2 aromatic heterocycles. The Labute approximate surface area is 217 Å². The number of fused-ring (bicyclic) bond motifs is 6. The van der Waals surface area contributed by atoms with Gasteiger partial charge in [0.25, 0.3) is 5.91 Å². The number of pyridine rings is 2. The van der Waals surface area contributed by atoms with Crippen LogP contribution in [0.1, 0.15) is 34.5 Å². The number of hydrogen-bond acceptors (Lipinski definition) is 6. The van der Waals surface area contributed by atoms with E-state index in [0.29, 0.717) is 47.3 Å². The molecule has 5 heterocycles. The summed E-state index contributed by atoms with van der Waals surface area (Å²) < 4.78 is 31.4. The summed E-state index contributed by atoms with van der Waals surface area (Å²) in [5.41, 5.74) is 0.779. The molecule has 2 atom stereocenters. The third-order valence-electron chi connectivity index (χ3n) is 7.98. The fourth-order valence-electron chi connectivity index (χ4n) is 6.28. The number of aromatic nitrogens is 2. The molecule has 2 aromatic carbocycles. The second-order valence-corrected chi connectivity index (χ2v) is 10.3. The Bertz CT molecular complexity index is 1740. The third-order valence-corrected chi connectivity index (χ3v) is 7.98. The molecule has 2 unspecified atom stereocenters. The van der Waals surface area contributed by atoms with E-state index in [9.17, 15) is 14.3 Å². The SMILES string of the molecule is C#Cc1c(F)ccc2cc(O)cc(-c3ncc4c(N5CC6CCC(C5)N6)nc5c(c4c3F)CN(C)C5=O)c12. The van der Waals surface area contributed by atoms with Gasteiger partial charge in [-0.1, -0.05) is 12.0 Å². The van der Waals surface area contributed by atoms with E-state index in [1.54, 1.807) is 13.2 Å². The molecule has 190 valence electrons. The Balaban J connectivity index is 1.53. The summed E-state index contributed by atoms with van der Waals surface area (Å²) in [7, 11) is 1.66. The van der Waals surface area contributed by atoms with Gasteiger partial charge in [-0.25, -0.2) is 13.8 Å². The number of carbonyl (C=O) groups excluding carboxylic acids is 1. The first-order valence-electron chi connectivity index (χ1n) is 12.5. The van der Waals surface area contributed by atoms with E-state index in [2.05, 4.69) is 21.1 Å². The Morgan fingerprint density at radius 3 is 2.63 bits per heavy atom. The zero-order chi connectivity index (χ0) is 26.3. The van der Waals surface area contributed by atoms with Gasteiger partial charge in [-0.05, 0) is 36.4 Å². The quantitative estimate of drug-likeness (QED) is 0.397. The van der Waals surface area contributed by atoms with Crippen LogP contribution in [-0.4, -0.2) is 58.1 Å². The Morgan fingerprint density at radius 1 is 1.13 bits per heavy atom. The fourth-order valence-corrected chi connectivity index (χ4v) is 6.28. The second-order valence-electron chi connectivity index (χ2n) is 10.3. The van der Waals surface area contributed by atoms with Crippen molar-refractivity contribution >= 4 is 33.3 Å². The lowest BCUT2D eigenvalue weighted by Gasteiger charge is -2.34. The van der Waals surface area contributed by atoms with Crippen molar-refractivity contribution in [2.45, 2.75) is 31.5 Å². The number of amides is 1. The highest BCUT2D eigenvalue weighted by Crippen LogP contribution is 2.42. The average molecular weight is 512 g/mol. The maximum Gasteiger partial charge on any atom is 0.272 e. The lowest BCUT2D eigenvalue weighted by molar-refractivity contribution is 0.0812. The summed E-state index contributed by atoms with van der Waals surface area (Å²) in [6, 6.07) is 6.12. The number of carbonyl (C=O) groups is 1. The van der Waals surface area contributed by atoms with Gasteiger partial charge in [0, 0.05) is 72.2 Å². The zero-order valence-electron chi connectivity index (χ0n) is 20.6. The lowest BCUT2D eigenvalue weighted by Crippen LogP contribution is -2.51. The number of rotatable bonds is 2. The standard InChI is InChI=1S/C29H23F2N5O2/c1-3-18-22(30)7-4-14-8-17(37)9-19(23(14)18)26-25(31)24-20(10-32-26)28(34-27-21(24)13-35(2)29(27)38)36-11-15-5-6-16(12-36)33-15/h1,4,7-10,15-16,33,37H,5-6,11-13H2,2H3. The van der Waals surface area contributed by atoms with Crippen LogP contribution in [0, 0.1) is 24.0 Å². The second kappa shape index (κ2) is 8.10. The molecule has 0 saturated carbocycles. The van der Waals surface area contributed by atoms with Crippen LogP contribution in [0.2, 0.25) is 0 Å². The van der Waals surface area contributed by atoms with Crippen molar-refractivity contribution in [3.05, 3.63) is 58.9 Å². The molecular formula is C29H23F2N5O2. The van der Waals surface area contributed by atoms with E-state index < -0.39 is 11.6 Å². The first kappa shape index (κ1) is 22.9. The van der Waals surface area contributed by atoms with Gasteiger partial charge in [-0.3, -0.25) is 9.78 Å². The number of anilines is 1. The molecule has 0 radical (unpaired) electrons. The maximum absolute atomic E-state index is 16.7. The number of nitrogens with zero attached hydrogens (tertiary/aromatic N) is 4. The van der Waals surface area contributed by atoms with Gasteiger partial charge in [0.15, 0.2) is 5.82 Å². The van der Waals surface area contributed by atoms with E-state index in [1.807, 2.05) is 0 Å². The maximum atomic E-state index is 16.7. The fraction of sp³-hybridized carbons (Fsp3) is 0.276. The molecule has 38 heavy (non-hydrogen) atoms. The number of phenolic OH excluding ortho intramolecular Hbond substituents is 1. The van der Waals surface area contributed by atoms with Crippen molar-refractivity contribution in [2.24, 2.45) is 0 Å². The highest BCUT2D eigenvalue weighted by molar-refractivity contribution is 6.08. The highest BCUT2D eigenvalue weighted by atomic mass is 19.1. The summed E-state index contributed by atoms with van der Waals surface area (Å²) in [6.07, 6.45) is 9.31. The van der Waals surface area contributed by atoms with Crippen molar-refractivity contribution in [2.75, 3.05) is 25.0 Å². The van der Waals surface area contributed by atoms with Gasteiger partial charge in [-0.15, -0.1) is 6.42 Å². The van der Waals surface area contributed by atoms with Crippen molar-refractivity contribution in [3.8, 4) is 29.4 Å². The number of aromatic hydroxyl groups is 1. The number of halogens is 2. The van der Waals surface area contributed by atoms with E-state index in [0.717, 1.165) is 12.8 Å². The van der Waals surface area contributed by atoms with Gasteiger partial charge in [0.2, 0.25) is 0 Å². The first-order chi connectivity index (χ1) is 18.3. The van der Waals surface area contributed by atoms with Gasteiger partial charge in [0.1, 0.15) is 28.8 Å². The van der Waals surface area contributed by atoms with Gasteiger partial charge < -0.3 is 20.2 Å². The number of phenols is 1. The summed E-state index contributed by atoms with van der Waals surface area (Å²) in [6.45, 7) is 1.61. The molecule has 0 spiro atoms. The summed E-state index contributed by atoms with van der Waals surface area (Å²) in [5.74, 6) is 1.22. The first-order valence-corrected chi connectivity index (χ1v) is 12.5. The number of terminal acetylenes is 1. The highest BCUT2D eigenvalue weighted by Gasteiger charge is 2.37. The largest absolute Gasteiger partial charge is 0.508 e. The third kappa shape index (κ3) is 3.20. The Kier molecular flexibility index (Phi) is 4.88. The van der Waals surface area contributed by atoms with E-state index in [1.165, 1.54) is 29.2 Å². The van der Waals surface area contributed by atoms with Crippen molar-refractivity contribution < 1.29 is 18.7 Å². The normalized spacial score (nSPS) is 20.4. The van der Waals surface area contributed by atoms with E-state index in [4.69, 9.17) is 11.4 Å². The van der Waals surface area contributed by atoms with Crippen LogP contribution in [0.25, 0.3) is 32.8 Å². The molecule has 3 aliphatic heterocycles. The van der Waals surface area contributed by atoms with Crippen LogP contribution in [-0.2, 0) is 6.54 Å². The minimum atomic E-state index is -0.664. The van der Waals surface area contributed by atoms with Crippen LogP contribution < -0.4 is 10.2 Å². The average Bonchev–Trinajstić information content (AvgIpc) is 3.39. The van der Waals surface area contributed by atoms with E-state index in [-0.39, 0.29) is 51.5 Å². The minimum Gasteiger partial charge on any atom is -0.508 e. The number of nitrogens with one attached hydrogen (secondary N) is 1. The molecule has 1 amide bonds. The number of hydrogen-bond donors (Lipinski definition) is 2. The summed E-state index contributed by atoms with van der Waals surface area (Å²) in [5, 5.41) is 15.5. The molecular weight excluding hydrogens is 488 g/mol. The molecule has 2 N–H and O–H groups in total. The number of benzene rings is 2. The molecule has 0 aliphatic carbocycles. The molecule has 2 fully saturated rings. The molecule has 2 bridgehead atoms. The van der Waals surface area contributed by atoms with Gasteiger partial charge in [0.05, 0.1) is 5.56 Å². The van der Waals surface area contributed by atoms with Crippen LogP contribution in [0.3, 0.4) is 0 Å². The van der Waals surface area contributed by atoms with Crippen molar-refractivity contribution in [3.63, 3.8) is 0 Å². The van der Waals surface area contributed by atoms with Crippen molar-refractivity contribution in [1.29, 1.82) is 0 Å². The van der Waals surface area contributed by atoms with Crippen LogP contribution in [0.15, 0.2) is 30.5 Å². The van der Waals surface area contributed by atoms with E-state index >= 15 is 4.39 Å². The number of piperazine rings is 1. The minimum absolute atomic E-state index is 0.0364. The predicted octanol–water partition coefficient (Wildman–Crippen LogP) is 3.94. The Hall–Kier alpha value is -4.29. The molecule has 4 aromatic rings. The van der Waals surface area contributed by atoms with Gasteiger partial charge in [-0.2, -0.15) is 0 Å². The smallest absolute Gasteiger partial charge is 0.272 e. The summed E-state index contributed by atoms with van der Waals surface area (Å²) >= 11 is 0. The van der Waals surface area contributed by atoms with Gasteiger partial charge >= 0.3 is 0 Å². The molecule has 9 heteroatoms. The monoisotopic (exact) mass is 511 g/mol. The molecule has 7 nitrogen and oxygen atoms in total. The molecule has 3 aliphatic rings.